The van der Waals surface area contributed by atoms with Crippen molar-refractivity contribution in [2.24, 2.45) is 5.73 Å². The molecule has 2 N–H and O–H groups in total. The molecule has 0 saturated carbocycles. The lowest BCUT2D eigenvalue weighted by Crippen LogP contribution is -2.14. The minimum atomic E-state index is -0.251. The molecule has 0 atom stereocenters. The summed E-state index contributed by atoms with van der Waals surface area (Å²) in [4.78, 5) is 12.7. The Morgan fingerprint density at radius 1 is 1.36 bits per heavy atom. The van der Waals surface area contributed by atoms with Gasteiger partial charge < -0.3 is 10.6 Å². The first-order valence-electron chi connectivity index (χ1n) is 4.65. The Hall–Kier alpha value is -1.51. The van der Waals surface area contributed by atoms with Crippen molar-refractivity contribution < 1.29 is 4.79 Å². The third-order valence-corrected chi connectivity index (χ3v) is 2.11. The van der Waals surface area contributed by atoms with E-state index >= 15 is 0 Å². The fourth-order valence-corrected chi connectivity index (χ4v) is 1.42. The van der Waals surface area contributed by atoms with Gasteiger partial charge in [0.15, 0.2) is 0 Å². The summed E-state index contributed by atoms with van der Waals surface area (Å²) < 4.78 is 0. The first-order chi connectivity index (χ1) is 6.61. The largest absolute Gasteiger partial charge is 0.377 e. The smallest absolute Gasteiger partial charge is 0.217 e. The van der Waals surface area contributed by atoms with Crippen LogP contribution in [0.15, 0.2) is 24.3 Å². The van der Waals surface area contributed by atoms with E-state index in [-0.39, 0.29) is 5.91 Å². The van der Waals surface area contributed by atoms with Gasteiger partial charge in [0.2, 0.25) is 5.91 Å². The molecule has 0 aliphatic rings. The van der Waals surface area contributed by atoms with Gasteiger partial charge in [-0.1, -0.05) is 18.2 Å². The Morgan fingerprint density at radius 2 is 2.00 bits per heavy atom. The van der Waals surface area contributed by atoms with Crippen molar-refractivity contribution in [1.29, 1.82) is 0 Å². The first-order valence-corrected chi connectivity index (χ1v) is 4.65. The maximum atomic E-state index is 10.7. The molecule has 0 aliphatic heterocycles. The van der Waals surface area contributed by atoms with Crippen molar-refractivity contribution in [1.82, 2.24) is 0 Å². The Balaban J connectivity index is 2.79. The summed E-state index contributed by atoms with van der Waals surface area (Å²) in [5, 5.41) is 0. The summed E-state index contributed by atoms with van der Waals surface area (Å²) in [7, 11) is 3.98. The molecule has 0 aromatic heterocycles. The second-order valence-corrected chi connectivity index (χ2v) is 3.49. The molecule has 0 fully saturated rings. The zero-order chi connectivity index (χ0) is 10.6. The number of rotatable bonds is 4. The van der Waals surface area contributed by atoms with Crippen molar-refractivity contribution >= 4 is 11.6 Å². The number of carbonyl (C=O) groups is 1. The van der Waals surface area contributed by atoms with Crippen LogP contribution in [-0.2, 0) is 11.2 Å². The van der Waals surface area contributed by atoms with E-state index in [0.717, 1.165) is 11.3 Å². The minimum absolute atomic E-state index is 0.251. The number of anilines is 1. The first kappa shape index (κ1) is 10.6. The highest BCUT2D eigenvalue weighted by atomic mass is 16.1. The normalized spacial score (nSPS) is 9.86. The number of aryl methyl sites for hydroxylation is 1. The third kappa shape index (κ3) is 2.76. The van der Waals surface area contributed by atoms with Gasteiger partial charge in [0.1, 0.15) is 0 Å². The zero-order valence-electron chi connectivity index (χ0n) is 8.66. The topological polar surface area (TPSA) is 46.3 Å². The van der Waals surface area contributed by atoms with E-state index in [9.17, 15) is 4.79 Å². The summed E-state index contributed by atoms with van der Waals surface area (Å²) in [6.07, 6.45) is 1.12. The highest BCUT2D eigenvalue weighted by Gasteiger charge is 2.04. The van der Waals surface area contributed by atoms with E-state index < -0.39 is 0 Å². The lowest BCUT2D eigenvalue weighted by Gasteiger charge is -2.16. The number of hydrogen-bond acceptors (Lipinski definition) is 2. The van der Waals surface area contributed by atoms with Crippen LogP contribution in [0.5, 0.6) is 0 Å². The number of carbonyl (C=O) groups excluding carboxylic acids is 1. The summed E-state index contributed by atoms with van der Waals surface area (Å²) in [5.74, 6) is -0.251. The molecule has 1 amide bonds. The molecule has 3 nitrogen and oxygen atoms in total. The molecule has 0 aliphatic carbocycles. The highest BCUT2D eigenvalue weighted by molar-refractivity contribution is 5.74. The van der Waals surface area contributed by atoms with Gasteiger partial charge in [0, 0.05) is 26.2 Å². The average Bonchev–Trinajstić information content (AvgIpc) is 2.15. The van der Waals surface area contributed by atoms with Crippen LogP contribution < -0.4 is 10.6 Å². The molecule has 0 spiro atoms. The van der Waals surface area contributed by atoms with Gasteiger partial charge in [-0.25, -0.2) is 0 Å². The molecule has 0 saturated heterocycles. The molecular weight excluding hydrogens is 176 g/mol. The van der Waals surface area contributed by atoms with Crippen LogP contribution in [0.3, 0.4) is 0 Å². The van der Waals surface area contributed by atoms with Crippen LogP contribution in [0.1, 0.15) is 12.0 Å². The SMILES string of the molecule is CN(C)c1ccccc1CCC(N)=O. The summed E-state index contributed by atoms with van der Waals surface area (Å²) in [5.41, 5.74) is 7.42. The maximum absolute atomic E-state index is 10.7. The number of amides is 1. The monoisotopic (exact) mass is 192 g/mol. The van der Waals surface area contributed by atoms with Gasteiger partial charge in [0.25, 0.3) is 0 Å². The Kier molecular flexibility index (Phi) is 3.51. The number of hydrogen-bond donors (Lipinski definition) is 1. The highest BCUT2D eigenvalue weighted by Crippen LogP contribution is 2.18. The van der Waals surface area contributed by atoms with Crippen LogP contribution in [0.25, 0.3) is 0 Å². The van der Waals surface area contributed by atoms with Gasteiger partial charge in [-0.15, -0.1) is 0 Å². The van der Waals surface area contributed by atoms with Crippen LogP contribution >= 0.6 is 0 Å². The van der Waals surface area contributed by atoms with E-state index in [4.69, 9.17) is 5.73 Å². The fourth-order valence-electron chi connectivity index (χ4n) is 1.42. The van der Waals surface area contributed by atoms with Crippen molar-refractivity contribution in [3.05, 3.63) is 29.8 Å². The van der Waals surface area contributed by atoms with E-state index in [2.05, 4.69) is 0 Å². The summed E-state index contributed by atoms with van der Waals surface area (Å²) in [6, 6.07) is 8.03. The van der Waals surface area contributed by atoms with Crippen LogP contribution in [0.2, 0.25) is 0 Å². The Morgan fingerprint density at radius 3 is 2.57 bits per heavy atom. The molecule has 1 aromatic carbocycles. The molecule has 76 valence electrons. The number of nitrogens with two attached hydrogens (primary N) is 1. The standard InChI is InChI=1S/C11H16N2O/c1-13(2)10-6-4-3-5-9(10)7-8-11(12)14/h3-6H,7-8H2,1-2H3,(H2,12,14). The van der Waals surface area contributed by atoms with E-state index in [0.29, 0.717) is 12.8 Å². The fraction of sp³-hybridized carbons (Fsp3) is 0.364. The molecule has 0 bridgehead atoms. The van der Waals surface area contributed by atoms with Gasteiger partial charge >= 0.3 is 0 Å². The van der Waals surface area contributed by atoms with E-state index in [1.807, 2.05) is 43.3 Å². The quantitative estimate of drug-likeness (QED) is 0.778. The van der Waals surface area contributed by atoms with E-state index in [1.165, 1.54) is 0 Å². The molecule has 0 unspecified atom stereocenters. The minimum Gasteiger partial charge on any atom is -0.377 e. The lowest BCUT2D eigenvalue weighted by molar-refractivity contribution is -0.117. The molecule has 14 heavy (non-hydrogen) atoms. The predicted molar refractivity (Wildman–Crippen MR) is 58.3 cm³/mol. The second-order valence-electron chi connectivity index (χ2n) is 3.49. The van der Waals surface area contributed by atoms with E-state index in [1.54, 1.807) is 0 Å². The molecule has 0 heterocycles. The molecule has 1 aromatic rings. The Bertz CT molecular complexity index is 321. The lowest BCUT2D eigenvalue weighted by atomic mass is 10.1. The molecule has 3 heteroatoms. The molecular formula is C11H16N2O. The predicted octanol–water partition coefficient (Wildman–Crippen LogP) is 1.17. The number of primary amides is 1. The number of nitrogens with zero attached hydrogens (tertiary/aromatic N) is 1. The average molecular weight is 192 g/mol. The van der Waals surface area contributed by atoms with Crippen molar-refractivity contribution in [3.63, 3.8) is 0 Å². The van der Waals surface area contributed by atoms with Gasteiger partial charge in [-0.3, -0.25) is 4.79 Å². The summed E-state index contributed by atoms with van der Waals surface area (Å²) in [6.45, 7) is 0. The van der Waals surface area contributed by atoms with Gasteiger partial charge in [-0.2, -0.15) is 0 Å². The van der Waals surface area contributed by atoms with Crippen molar-refractivity contribution in [3.8, 4) is 0 Å². The van der Waals surface area contributed by atoms with Crippen molar-refractivity contribution in [2.45, 2.75) is 12.8 Å². The van der Waals surface area contributed by atoms with Crippen LogP contribution in [0.4, 0.5) is 5.69 Å². The number of benzene rings is 1. The third-order valence-electron chi connectivity index (χ3n) is 2.11. The molecule has 0 radical (unpaired) electrons. The summed E-state index contributed by atoms with van der Waals surface area (Å²) >= 11 is 0. The van der Waals surface area contributed by atoms with Crippen LogP contribution in [0, 0.1) is 0 Å². The van der Waals surface area contributed by atoms with Gasteiger partial charge in [0.05, 0.1) is 0 Å². The van der Waals surface area contributed by atoms with Gasteiger partial charge in [-0.05, 0) is 18.1 Å². The number of para-hydroxylation sites is 1. The maximum Gasteiger partial charge on any atom is 0.217 e. The van der Waals surface area contributed by atoms with Crippen LogP contribution in [-0.4, -0.2) is 20.0 Å². The molecule has 1 rings (SSSR count). The zero-order valence-corrected chi connectivity index (χ0v) is 8.66. The van der Waals surface area contributed by atoms with Crippen molar-refractivity contribution in [2.75, 3.05) is 19.0 Å². The second kappa shape index (κ2) is 4.65. The Labute approximate surface area is 84.5 Å².